The predicted octanol–water partition coefficient (Wildman–Crippen LogP) is 4.99. The maximum atomic E-state index is 13.7. The van der Waals surface area contributed by atoms with Crippen molar-refractivity contribution < 1.29 is 41.0 Å². The van der Waals surface area contributed by atoms with E-state index >= 15 is 0 Å². The first kappa shape index (κ1) is 26.3. The van der Waals surface area contributed by atoms with Crippen molar-refractivity contribution >= 4 is 34.5 Å². The van der Waals surface area contributed by atoms with Crippen molar-refractivity contribution in [1.82, 2.24) is 14.9 Å². The lowest BCUT2D eigenvalue weighted by Crippen LogP contribution is -2.39. The van der Waals surface area contributed by atoms with E-state index in [4.69, 9.17) is 0 Å². The summed E-state index contributed by atoms with van der Waals surface area (Å²) in [6.07, 6.45) is -8.05. The number of ketones is 1. The van der Waals surface area contributed by atoms with Crippen molar-refractivity contribution in [2.24, 2.45) is 5.92 Å². The average molecular weight is 511 g/mol. The van der Waals surface area contributed by atoms with Crippen LogP contribution in [-0.4, -0.2) is 44.7 Å². The SMILES string of the molecule is CCCC(=O)C(Sc1nc2c(C(F)(F)F)cc(C(F)(F)F)cc2n1CC(=O)O)C1CCCNC1. The molecule has 1 aliphatic heterocycles. The lowest BCUT2D eigenvalue weighted by atomic mass is 9.92. The zero-order valence-electron chi connectivity index (χ0n) is 18.1. The second-order valence-electron chi connectivity index (χ2n) is 8.12. The van der Waals surface area contributed by atoms with Crippen LogP contribution in [0.3, 0.4) is 0 Å². The number of nitrogens with one attached hydrogen (secondary N) is 1. The van der Waals surface area contributed by atoms with Crippen LogP contribution in [0, 0.1) is 5.92 Å². The van der Waals surface area contributed by atoms with Gasteiger partial charge in [0.1, 0.15) is 17.8 Å². The van der Waals surface area contributed by atoms with Gasteiger partial charge in [0.15, 0.2) is 5.16 Å². The molecular weight excluding hydrogens is 488 g/mol. The van der Waals surface area contributed by atoms with E-state index in [0.29, 0.717) is 25.5 Å². The number of aliphatic carboxylic acids is 1. The van der Waals surface area contributed by atoms with E-state index in [9.17, 15) is 41.0 Å². The minimum atomic E-state index is -5.16. The Bertz CT molecular complexity index is 1060. The van der Waals surface area contributed by atoms with Crippen LogP contribution < -0.4 is 5.32 Å². The van der Waals surface area contributed by atoms with Crippen LogP contribution in [0.5, 0.6) is 0 Å². The van der Waals surface area contributed by atoms with Gasteiger partial charge < -0.3 is 15.0 Å². The molecule has 1 aliphatic rings. The van der Waals surface area contributed by atoms with Gasteiger partial charge in [-0.05, 0) is 50.4 Å². The molecule has 2 aromatic rings. The Kier molecular flexibility index (Phi) is 7.85. The van der Waals surface area contributed by atoms with Crippen LogP contribution in [0.1, 0.15) is 43.7 Å². The standard InChI is InChI=1S/C21H23F6N3O3S/c1-2-4-15(31)18(11-5-3-6-28-9-11)34-19-29-17-13(21(25,26)27)7-12(20(22,23)24)8-14(17)30(19)10-16(32)33/h7-8,11,18,28H,2-6,9-10H2,1H3,(H,32,33). The van der Waals surface area contributed by atoms with Crippen LogP contribution in [0.25, 0.3) is 11.0 Å². The summed E-state index contributed by atoms with van der Waals surface area (Å²) in [5, 5.41) is 11.5. The summed E-state index contributed by atoms with van der Waals surface area (Å²) in [5.74, 6) is -1.81. The van der Waals surface area contributed by atoms with Gasteiger partial charge in [-0.2, -0.15) is 26.3 Å². The number of piperidine rings is 1. The number of carboxylic acids is 1. The molecule has 34 heavy (non-hydrogen) atoms. The first-order valence-corrected chi connectivity index (χ1v) is 11.5. The third kappa shape index (κ3) is 5.85. The van der Waals surface area contributed by atoms with Gasteiger partial charge in [0.05, 0.1) is 21.9 Å². The normalized spacial score (nSPS) is 18.3. The quantitative estimate of drug-likeness (QED) is 0.384. The minimum absolute atomic E-state index is 0.0281. The minimum Gasteiger partial charge on any atom is -0.480 e. The summed E-state index contributed by atoms with van der Waals surface area (Å²) in [5.41, 5.74) is -4.56. The Morgan fingerprint density at radius 1 is 1.24 bits per heavy atom. The number of imidazole rings is 1. The van der Waals surface area contributed by atoms with Crippen molar-refractivity contribution in [3.8, 4) is 0 Å². The number of hydrogen-bond donors (Lipinski definition) is 2. The van der Waals surface area contributed by atoms with E-state index in [0.717, 1.165) is 29.3 Å². The van der Waals surface area contributed by atoms with Crippen molar-refractivity contribution in [2.45, 2.75) is 61.9 Å². The van der Waals surface area contributed by atoms with Gasteiger partial charge in [-0.1, -0.05) is 18.7 Å². The fourth-order valence-electron chi connectivity index (χ4n) is 4.02. The largest absolute Gasteiger partial charge is 0.480 e. The topological polar surface area (TPSA) is 84.2 Å². The van der Waals surface area contributed by atoms with Crippen molar-refractivity contribution in [3.05, 3.63) is 23.3 Å². The lowest BCUT2D eigenvalue weighted by Gasteiger charge is -2.29. The fourth-order valence-corrected chi connectivity index (χ4v) is 5.36. The number of aromatic nitrogens is 2. The Balaban J connectivity index is 2.20. The molecule has 1 aromatic heterocycles. The molecule has 1 fully saturated rings. The number of thioether (sulfide) groups is 1. The van der Waals surface area contributed by atoms with E-state index in [1.165, 1.54) is 0 Å². The number of fused-ring (bicyclic) bond motifs is 1. The van der Waals surface area contributed by atoms with Gasteiger partial charge in [-0.15, -0.1) is 0 Å². The number of Topliss-reactive ketones (excluding diaryl/α,β-unsaturated/α-hetero) is 1. The van der Waals surface area contributed by atoms with Crippen molar-refractivity contribution in [1.29, 1.82) is 0 Å². The molecule has 1 aromatic carbocycles. The Hall–Kier alpha value is -2.28. The maximum absolute atomic E-state index is 13.7. The van der Waals surface area contributed by atoms with Crippen molar-refractivity contribution in [3.63, 3.8) is 0 Å². The molecule has 2 atom stereocenters. The molecule has 13 heteroatoms. The van der Waals surface area contributed by atoms with E-state index < -0.39 is 52.3 Å². The first-order valence-electron chi connectivity index (χ1n) is 10.6. The molecule has 0 amide bonds. The first-order chi connectivity index (χ1) is 15.8. The van der Waals surface area contributed by atoms with Gasteiger partial charge in [0.2, 0.25) is 0 Å². The highest BCUT2D eigenvalue weighted by Crippen LogP contribution is 2.42. The Labute approximate surface area is 195 Å². The molecule has 3 rings (SSSR count). The van der Waals surface area contributed by atoms with Crippen LogP contribution in [0.2, 0.25) is 0 Å². The zero-order valence-corrected chi connectivity index (χ0v) is 18.9. The molecule has 0 saturated carbocycles. The molecule has 2 unspecified atom stereocenters. The lowest BCUT2D eigenvalue weighted by molar-refractivity contribution is -0.142. The Morgan fingerprint density at radius 2 is 1.94 bits per heavy atom. The number of benzene rings is 1. The van der Waals surface area contributed by atoms with Gasteiger partial charge in [-0.25, -0.2) is 4.98 Å². The summed E-state index contributed by atoms with van der Waals surface area (Å²) in [4.78, 5) is 28.3. The van der Waals surface area contributed by atoms with E-state index in [1.807, 2.05) is 0 Å². The molecule has 2 heterocycles. The number of nitrogens with zero attached hydrogens (tertiary/aromatic N) is 2. The second kappa shape index (κ2) is 10.1. The molecular formula is C21H23F6N3O3S. The number of rotatable bonds is 8. The molecule has 6 nitrogen and oxygen atoms in total. The maximum Gasteiger partial charge on any atom is 0.418 e. The number of halogens is 6. The fraction of sp³-hybridized carbons (Fsp3) is 0.571. The molecule has 2 N–H and O–H groups in total. The third-order valence-corrected chi connectivity index (χ3v) is 6.98. The summed E-state index contributed by atoms with van der Waals surface area (Å²) in [7, 11) is 0. The number of carboxylic acid groups (broad SMARTS) is 1. The van der Waals surface area contributed by atoms with Gasteiger partial charge in [0, 0.05) is 6.42 Å². The summed E-state index contributed by atoms with van der Waals surface area (Å²) in [6, 6.07) is 0.440. The highest BCUT2D eigenvalue weighted by molar-refractivity contribution is 8.00. The van der Waals surface area contributed by atoms with Crippen molar-refractivity contribution in [2.75, 3.05) is 13.1 Å². The molecule has 0 bridgehead atoms. The zero-order chi connectivity index (χ0) is 25.3. The van der Waals surface area contributed by atoms with Gasteiger partial charge >= 0.3 is 18.3 Å². The number of carbonyl (C=O) groups excluding carboxylic acids is 1. The molecule has 1 saturated heterocycles. The van der Waals surface area contributed by atoms with Crippen LogP contribution in [-0.2, 0) is 28.5 Å². The van der Waals surface area contributed by atoms with Gasteiger partial charge in [0.25, 0.3) is 0 Å². The summed E-state index contributed by atoms with van der Waals surface area (Å²) < 4.78 is 81.9. The monoisotopic (exact) mass is 511 g/mol. The van der Waals surface area contributed by atoms with E-state index in [2.05, 4.69) is 10.3 Å². The van der Waals surface area contributed by atoms with E-state index in [-0.39, 0.29) is 29.3 Å². The third-order valence-electron chi connectivity index (χ3n) is 5.55. The smallest absolute Gasteiger partial charge is 0.418 e. The van der Waals surface area contributed by atoms with Crippen LogP contribution in [0.15, 0.2) is 17.3 Å². The van der Waals surface area contributed by atoms with Crippen LogP contribution >= 0.6 is 11.8 Å². The summed E-state index contributed by atoms with van der Waals surface area (Å²) in [6.45, 7) is 2.13. The molecule has 188 valence electrons. The molecule has 0 radical (unpaired) electrons. The van der Waals surface area contributed by atoms with Crippen LogP contribution in [0.4, 0.5) is 26.3 Å². The number of alkyl halides is 6. The molecule has 0 aliphatic carbocycles. The second-order valence-corrected chi connectivity index (χ2v) is 9.23. The highest BCUT2D eigenvalue weighted by Gasteiger charge is 2.40. The Morgan fingerprint density at radius 3 is 2.47 bits per heavy atom. The molecule has 0 spiro atoms. The highest BCUT2D eigenvalue weighted by atomic mass is 32.2. The summed E-state index contributed by atoms with van der Waals surface area (Å²) >= 11 is 0.821. The van der Waals surface area contributed by atoms with E-state index in [1.54, 1.807) is 6.92 Å². The van der Waals surface area contributed by atoms with Gasteiger partial charge in [-0.3, -0.25) is 9.59 Å². The number of hydrogen-bond acceptors (Lipinski definition) is 5. The number of carbonyl (C=O) groups is 2. The average Bonchev–Trinajstić information content (AvgIpc) is 3.07. The predicted molar refractivity (Wildman–Crippen MR) is 113 cm³/mol.